The normalized spacial score (nSPS) is 23.5. The first kappa shape index (κ1) is 15.5. The molecule has 2 heterocycles. The predicted molar refractivity (Wildman–Crippen MR) is 83.7 cm³/mol. The molecule has 120 valence electrons. The van der Waals surface area contributed by atoms with Gasteiger partial charge in [0.15, 0.2) is 0 Å². The summed E-state index contributed by atoms with van der Waals surface area (Å²) < 4.78 is 5.36. The van der Waals surface area contributed by atoms with E-state index in [1.54, 1.807) is 4.90 Å². The van der Waals surface area contributed by atoms with Crippen molar-refractivity contribution in [3.05, 3.63) is 35.4 Å². The number of piperidine rings is 1. The van der Waals surface area contributed by atoms with Crippen molar-refractivity contribution < 1.29 is 14.6 Å². The number of benzene rings is 1. The van der Waals surface area contributed by atoms with Crippen molar-refractivity contribution in [3.8, 4) is 0 Å². The Morgan fingerprint density at radius 3 is 2.86 bits per heavy atom. The van der Waals surface area contributed by atoms with Gasteiger partial charge in [-0.05, 0) is 30.5 Å². The van der Waals surface area contributed by atoms with Crippen LogP contribution in [0, 0.1) is 0 Å². The third-order valence-corrected chi connectivity index (χ3v) is 4.37. The molecule has 1 N–H and O–H groups in total. The van der Waals surface area contributed by atoms with Gasteiger partial charge >= 0.3 is 0 Å². The Morgan fingerprint density at radius 2 is 2.09 bits per heavy atom. The van der Waals surface area contributed by atoms with Gasteiger partial charge < -0.3 is 14.7 Å². The first-order valence-corrected chi connectivity index (χ1v) is 8.09. The van der Waals surface area contributed by atoms with Gasteiger partial charge in [-0.1, -0.05) is 12.1 Å². The van der Waals surface area contributed by atoms with Crippen LogP contribution in [-0.2, 0) is 11.3 Å². The van der Waals surface area contributed by atoms with E-state index in [-0.39, 0.29) is 12.0 Å². The second kappa shape index (κ2) is 7.22. The van der Waals surface area contributed by atoms with Gasteiger partial charge in [-0.2, -0.15) is 0 Å². The average Bonchev–Trinajstić information content (AvgIpc) is 2.55. The van der Waals surface area contributed by atoms with Crippen LogP contribution in [0.25, 0.3) is 0 Å². The summed E-state index contributed by atoms with van der Waals surface area (Å²) >= 11 is 0. The van der Waals surface area contributed by atoms with Crippen LogP contribution in [0.1, 0.15) is 28.8 Å². The first-order chi connectivity index (χ1) is 10.7. The number of nitrogens with zero attached hydrogens (tertiary/aromatic N) is 2. The van der Waals surface area contributed by atoms with E-state index in [9.17, 15) is 9.90 Å². The van der Waals surface area contributed by atoms with Crippen molar-refractivity contribution in [2.75, 3.05) is 39.4 Å². The van der Waals surface area contributed by atoms with Gasteiger partial charge in [-0.15, -0.1) is 0 Å². The van der Waals surface area contributed by atoms with Crippen LogP contribution in [0.15, 0.2) is 24.3 Å². The number of carbonyl (C=O) groups excluding carboxylic acids is 1. The molecule has 0 aromatic heterocycles. The summed E-state index contributed by atoms with van der Waals surface area (Å²) in [6, 6.07) is 7.87. The molecule has 22 heavy (non-hydrogen) atoms. The topological polar surface area (TPSA) is 53.0 Å². The zero-order chi connectivity index (χ0) is 15.4. The summed E-state index contributed by atoms with van der Waals surface area (Å²) in [7, 11) is 0. The van der Waals surface area contributed by atoms with Gasteiger partial charge in [0, 0.05) is 38.3 Å². The van der Waals surface area contributed by atoms with Crippen molar-refractivity contribution in [3.63, 3.8) is 0 Å². The molecular formula is C17H24N2O3. The lowest BCUT2D eigenvalue weighted by Gasteiger charge is -2.30. The number of carbonyl (C=O) groups is 1. The van der Waals surface area contributed by atoms with Crippen LogP contribution in [0.2, 0.25) is 0 Å². The van der Waals surface area contributed by atoms with E-state index in [2.05, 4.69) is 11.0 Å². The van der Waals surface area contributed by atoms with Gasteiger partial charge in [0.1, 0.15) is 0 Å². The molecule has 0 aliphatic carbocycles. The van der Waals surface area contributed by atoms with E-state index in [1.807, 2.05) is 18.2 Å². The molecule has 0 radical (unpaired) electrons. The zero-order valence-electron chi connectivity index (χ0n) is 12.9. The quantitative estimate of drug-likeness (QED) is 0.909. The number of aliphatic hydroxyl groups is 1. The maximum atomic E-state index is 12.6. The molecule has 2 aliphatic rings. The lowest BCUT2D eigenvalue weighted by molar-refractivity contribution is 0.0341. The van der Waals surface area contributed by atoms with Crippen LogP contribution in [0.5, 0.6) is 0 Å². The molecule has 0 bridgehead atoms. The molecule has 0 saturated carbocycles. The molecule has 0 spiro atoms. The van der Waals surface area contributed by atoms with Crippen LogP contribution < -0.4 is 0 Å². The summed E-state index contributed by atoms with van der Waals surface area (Å²) in [5.74, 6) is 0.0302. The maximum Gasteiger partial charge on any atom is 0.253 e. The molecule has 5 heteroatoms. The Labute approximate surface area is 131 Å². The minimum atomic E-state index is -0.380. The summed E-state index contributed by atoms with van der Waals surface area (Å²) in [6.45, 7) is 5.49. The fourth-order valence-electron chi connectivity index (χ4n) is 3.14. The number of hydrogen-bond donors (Lipinski definition) is 1. The SMILES string of the molecule is O=C(c1cccc(CN2CCOCC2)c1)N1CCCC(O)C1. The summed E-state index contributed by atoms with van der Waals surface area (Å²) in [5.41, 5.74) is 1.88. The number of ether oxygens (including phenoxy) is 1. The van der Waals surface area contributed by atoms with Crippen molar-refractivity contribution in [2.24, 2.45) is 0 Å². The van der Waals surface area contributed by atoms with E-state index in [0.717, 1.165) is 63.4 Å². The zero-order valence-corrected chi connectivity index (χ0v) is 12.9. The molecule has 2 aliphatic heterocycles. The summed E-state index contributed by atoms with van der Waals surface area (Å²) in [5, 5.41) is 9.73. The molecule has 3 rings (SSSR count). The molecule has 1 unspecified atom stereocenters. The van der Waals surface area contributed by atoms with Crippen molar-refractivity contribution in [1.29, 1.82) is 0 Å². The number of hydrogen-bond acceptors (Lipinski definition) is 4. The van der Waals surface area contributed by atoms with Crippen LogP contribution in [0.3, 0.4) is 0 Å². The molecule has 1 amide bonds. The molecule has 2 fully saturated rings. The van der Waals surface area contributed by atoms with Crippen molar-refractivity contribution >= 4 is 5.91 Å². The molecule has 5 nitrogen and oxygen atoms in total. The Bertz CT molecular complexity index is 514. The number of β-amino-alcohol motifs (C(OH)–C–C–N with tert-alkyl or cyclic N) is 1. The molecule has 1 aromatic carbocycles. The largest absolute Gasteiger partial charge is 0.391 e. The molecular weight excluding hydrogens is 280 g/mol. The third-order valence-electron chi connectivity index (χ3n) is 4.37. The highest BCUT2D eigenvalue weighted by Gasteiger charge is 2.23. The highest BCUT2D eigenvalue weighted by Crippen LogP contribution is 2.16. The standard InChI is InChI=1S/C17H24N2O3/c20-16-5-2-6-19(13-16)17(21)15-4-1-3-14(11-15)12-18-7-9-22-10-8-18/h1,3-4,11,16,20H,2,5-10,12-13H2. The van der Waals surface area contributed by atoms with Gasteiger partial charge in [0.2, 0.25) is 0 Å². The van der Waals surface area contributed by atoms with E-state index in [1.165, 1.54) is 0 Å². The van der Waals surface area contributed by atoms with E-state index < -0.39 is 0 Å². The van der Waals surface area contributed by atoms with Gasteiger partial charge in [0.05, 0.1) is 19.3 Å². The summed E-state index contributed by atoms with van der Waals surface area (Å²) in [6.07, 6.45) is 1.29. The Morgan fingerprint density at radius 1 is 1.27 bits per heavy atom. The molecule has 1 atom stereocenters. The van der Waals surface area contributed by atoms with E-state index in [4.69, 9.17) is 4.74 Å². The highest BCUT2D eigenvalue weighted by atomic mass is 16.5. The fraction of sp³-hybridized carbons (Fsp3) is 0.588. The van der Waals surface area contributed by atoms with Gasteiger partial charge in [-0.3, -0.25) is 9.69 Å². The van der Waals surface area contributed by atoms with Crippen LogP contribution in [-0.4, -0.2) is 66.3 Å². The van der Waals surface area contributed by atoms with Crippen LogP contribution in [0.4, 0.5) is 0 Å². The van der Waals surface area contributed by atoms with Crippen molar-refractivity contribution in [2.45, 2.75) is 25.5 Å². The lowest BCUT2D eigenvalue weighted by Crippen LogP contribution is -2.42. The molecule has 1 aromatic rings. The van der Waals surface area contributed by atoms with Gasteiger partial charge in [-0.25, -0.2) is 0 Å². The van der Waals surface area contributed by atoms with Crippen molar-refractivity contribution in [1.82, 2.24) is 9.80 Å². The van der Waals surface area contributed by atoms with Gasteiger partial charge in [0.25, 0.3) is 5.91 Å². The number of likely N-dealkylation sites (tertiary alicyclic amines) is 1. The number of aliphatic hydroxyl groups excluding tert-OH is 1. The van der Waals surface area contributed by atoms with E-state index >= 15 is 0 Å². The second-order valence-electron chi connectivity index (χ2n) is 6.14. The smallest absolute Gasteiger partial charge is 0.253 e. The Balaban J connectivity index is 1.66. The Kier molecular flexibility index (Phi) is 5.08. The molecule has 2 saturated heterocycles. The minimum Gasteiger partial charge on any atom is -0.391 e. The number of amides is 1. The maximum absolute atomic E-state index is 12.6. The lowest BCUT2D eigenvalue weighted by atomic mass is 10.1. The predicted octanol–water partition coefficient (Wildman–Crippen LogP) is 1.12. The number of rotatable bonds is 3. The fourth-order valence-corrected chi connectivity index (χ4v) is 3.14. The third kappa shape index (κ3) is 3.85. The monoisotopic (exact) mass is 304 g/mol. The highest BCUT2D eigenvalue weighted by molar-refractivity contribution is 5.94. The summed E-state index contributed by atoms with van der Waals surface area (Å²) in [4.78, 5) is 16.7. The first-order valence-electron chi connectivity index (χ1n) is 8.09. The van der Waals surface area contributed by atoms with E-state index in [0.29, 0.717) is 6.54 Å². The Hall–Kier alpha value is -1.43. The average molecular weight is 304 g/mol. The minimum absolute atomic E-state index is 0.0302. The second-order valence-corrected chi connectivity index (χ2v) is 6.14. The van der Waals surface area contributed by atoms with Crippen LogP contribution >= 0.6 is 0 Å². The number of morpholine rings is 1.